The molecule has 1 aliphatic carbocycles. The van der Waals surface area contributed by atoms with Gasteiger partial charge in [0.2, 0.25) is 0 Å². The summed E-state index contributed by atoms with van der Waals surface area (Å²) < 4.78 is 0. The van der Waals surface area contributed by atoms with Gasteiger partial charge in [0.25, 0.3) is 0 Å². The summed E-state index contributed by atoms with van der Waals surface area (Å²) in [5.41, 5.74) is 0.867. The number of amides is 2. The maximum atomic E-state index is 12.3. The summed E-state index contributed by atoms with van der Waals surface area (Å²) in [6, 6.07) is 10.8. The van der Waals surface area contributed by atoms with Crippen molar-refractivity contribution in [1.82, 2.24) is 5.32 Å². The molecular weight excluding hydrogens is 318 g/mol. The first-order valence-electron chi connectivity index (χ1n) is 9.31. The zero-order chi connectivity index (χ0) is 16.5. The van der Waals surface area contributed by atoms with Gasteiger partial charge < -0.3 is 15.5 Å². The van der Waals surface area contributed by atoms with Gasteiger partial charge in [0.1, 0.15) is 0 Å². The quantitative estimate of drug-likeness (QED) is 0.734. The summed E-state index contributed by atoms with van der Waals surface area (Å²) >= 11 is 1.71. The third-order valence-corrected chi connectivity index (χ3v) is 6.66. The van der Waals surface area contributed by atoms with Gasteiger partial charge in [-0.05, 0) is 49.8 Å². The minimum absolute atomic E-state index is 0.0511. The Kier molecular flexibility index (Phi) is 4.72. The molecule has 24 heavy (non-hydrogen) atoms. The molecule has 0 aromatic heterocycles. The molecule has 4 nitrogen and oxygen atoms in total. The topological polar surface area (TPSA) is 45.6 Å². The van der Waals surface area contributed by atoms with E-state index >= 15 is 0 Å². The van der Waals surface area contributed by atoms with Crippen molar-refractivity contribution in [2.75, 3.05) is 11.6 Å². The van der Waals surface area contributed by atoms with E-state index in [1.165, 1.54) is 37.0 Å². The standard InChI is InChI=1S/C19H27N3OS/c1-24-18-9-5-13(6-10-18)20-19(23)21-14-11-16-3-2-4-17(12-14)22(16)15-7-8-15/h5-6,9-10,14-17H,2-4,7-8,11-12H2,1H3,(H2,20,21,23)/p+1/t16-,17-/m1/s1. The van der Waals surface area contributed by atoms with Crippen LogP contribution >= 0.6 is 11.8 Å². The van der Waals surface area contributed by atoms with Crippen LogP contribution in [0.3, 0.4) is 0 Å². The van der Waals surface area contributed by atoms with Crippen LogP contribution in [0.15, 0.2) is 29.2 Å². The fraction of sp³-hybridized carbons (Fsp3) is 0.632. The van der Waals surface area contributed by atoms with Crippen LogP contribution in [-0.2, 0) is 0 Å². The number of benzene rings is 1. The van der Waals surface area contributed by atoms with E-state index in [1.54, 1.807) is 11.8 Å². The molecular formula is C19H28N3OS+. The second kappa shape index (κ2) is 6.96. The van der Waals surface area contributed by atoms with Crippen LogP contribution in [-0.4, -0.2) is 36.5 Å². The van der Waals surface area contributed by atoms with Gasteiger partial charge in [0, 0.05) is 42.3 Å². The number of fused-ring (bicyclic) bond motifs is 2. The minimum Gasteiger partial charge on any atom is -0.335 e. The third kappa shape index (κ3) is 3.57. The number of hydrogen-bond donors (Lipinski definition) is 3. The lowest BCUT2D eigenvalue weighted by Gasteiger charge is -2.46. The van der Waals surface area contributed by atoms with E-state index in [1.807, 2.05) is 29.2 Å². The molecule has 5 heteroatoms. The molecule has 0 radical (unpaired) electrons. The van der Waals surface area contributed by atoms with Crippen molar-refractivity contribution >= 4 is 23.5 Å². The van der Waals surface area contributed by atoms with Crippen LogP contribution < -0.4 is 15.5 Å². The number of urea groups is 1. The highest BCUT2D eigenvalue weighted by Crippen LogP contribution is 2.27. The van der Waals surface area contributed by atoms with Crippen molar-refractivity contribution in [1.29, 1.82) is 0 Å². The molecule has 3 fully saturated rings. The zero-order valence-corrected chi connectivity index (χ0v) is 15.2. The molecule has 130 valence electrons. The van der Waals surface area contributed by atoms with E-state index in [0.29, 0.717) is 6.04 Å². The number of thioether (sulfide) groups is 1. The van der Waals surface area contributed by atoms with Crippen LogP contribution in [0, 0.1) is 0 Å². The summed E-state index contributed by atoms with van der Waals surface area (Å²) in [6.45, 7) is 0. The lowest BCUT2D eigenvalue weighted by molar-refractivity contribution is -0.971. The molecule has 0 unspecified atom stereocenters. The molecule has 1 aromatic rings. The summed E-state index contributed by atoms with van der Waals surface area (Å²) in [7, 11) is 0. The summed E-state index contributed by atoms with van der Waals surface area (Å²) in [5, 5.41) is 6.22. The smallest absolute Gasteiger partial charge is 0.319 e. The Morgan fingerprint density at radius 3 is 2.29 bits per heavy atom. The number of nitrogens with one attached hydrogen (secondary N) is 3. The van der Waals surface area contributed by atoms with Crippen molar-refractivity contribution in [3.63, 3.8) is 0 Å². The Bertz CT molecular complexity index is 573. The maximum absolute atomic E-state index is 12.3. The third-order valence-electron chi connectivity index (χ3n) is 5.92. The molecule has 2 aliphatic heterocycles. The average molecular weight is 347 g/mol. The van der Waals surface area contributed by atoms with E-state index in [4.69, 9.17) is 0 Å². The van der Waals surface area contributed by atoms with Gasteiger partial charge in [0.05, 0.1) is 18.1 Å². The maximum Gasteiger partial charge on any atom is 0.319 e. The first-order valence-corrected chi connectivity index (χ1v) is 10.5. The molecule has 2 bridgehead atoms. The summed E-state index contributed by atoms with van der Waals surface area (Å²) in [4.78, 5) is 15.4. The Morgan fingerprint density at radius 1 is 1.04 bits per heavy atom. The average Bonchev–Trinajstić information content (AvgIpc) is 3.39. The lowest BCUT2D eigenvalue weighted by atomic mass is 9.81. The molecule has 3 aliphatic rings. The van der Waals surface area contributed by atoms with Crippen LogP contribution in [0.5, 0.6) is 0 Å². The first-order chi connectivity index (χ1) is 11.7. The second-order valence-corrected chi connectivity index (χ2v) is 8.47. The molecule has 0 spiro atoms. The normalized spacial score (nSPS) is 32.2. The van der Waals surface area contributed by atoms with Crippen LogP contribution in [0.25, 0.3) is 0 Å². The lowest BCUT2D eigenvalue weighted by Crippen LogP contribution is -3.22. The predicted molar refractivity (Wildman–Crippen MR) is 98.8 cm³/mol. The minimum atomic E-state index is -0.0511. The van der Waals surface area contributed by atoms with Crippen LogP contribution in [0.1, 0.15) is 44.9 Å². The Balaban J connectivity index is 1.32. The van der Waals surface area contributed by atoms with Gasteiger partial charge in [-0.25, -0.2) is 4.79 Å². The Hall–Kier alpha value is -1.20. The summed E-state index contributed by atoms with van der Waals surface area (Å²) in [6.07, 6.45) is 11.3. The van der Waals surface area contributed by atoms with Gasteiger partial charge in [-0.15, -0.1) is 11.8 Å². The van der Waals surface area contributed by atoms with Crippen LogP contribution in [0.4, 0.5) is 10.5 Å². The fourth-order valence-corrected chi connectivity index (χ4v) is 5.20. The van der Waals surface area contributed by atoms with Crippen molar-refractivity contribution in [3.8, 4) is 0 Å². The highest BCUT2D eigenvalue weighted by atomic mass is 32.2. The number of carbonyl (C=O) groups is 1. The molecule has 1 saturated carbocycles. The highest BCUT2D eigenvalue weighted by molar-refractivity contribution is 7.98. The van der Waals surface area contributed by atoms with E-state index in [2.05, 4.69) is 16.9 Å². The molecule has 2 saturated heterocycles. The number of anilines is 1. The number of piperidine rings is 2. The van der Waals surface area contributed by atoms with Gasteiger partial charge in [-0.3, -0.25) is 0 Å². The largest absolute Gasteiger partial charge is 0.335 e. The number of rotatable bonds is 4. The van der Waals surface area contributed by atoms with Gasteiger partial charge in [0.15, 0.2) is 0 Å². The fourth-order valence-electron chi connectivity index (χ4n) is 4.80. The van der Waals surface area contributed by atoms with Gasteiger partial charge in [-0.1, -0.05) is 0 Å². The van der Waals surface area contributed by atoms with Gasteiger partial charge >= 0.3 is 6.03 Å². The highest BCUT2D eigenvalue weighted by Gasteiger charge is 2.48. The van der Waals surface area contributed by atoms with Gasteiger partial charge in [-0.2, -0.15) is 0 Å². The predicted octanol–water partition coefficient (Wildman–Crippen LogP) is 2.66. The molecule has 2 atom stereocenters. The second-order valence-electron chi connectivity index (χ2n) is 7.59. The molecule has 3 N–H and O–H groups in total. The van der Waals surface area contributed by atoms with Crippen molar-refractivity contribution in [2.45, 2.75) is 74.0 Å². The van der Waals surface area contributed by atoms with E-state index in [0.717, 1.165) is 36.7 Å². The van der Waals surface area contributed by atoms with E-state index in [9.17, 15) is 4.79 Å². The van der Waals surface area contributed by atoms with E-state index < -0.39 is 0 Å². The molecule has 2 amide bonds. The Morgan fingerprint density at radius 2 is 1.71 bits per heavy atom. The van der Waals surface area contributed by atoms with Crippen LogP contribution in [0.2, 0.25) is 0 Å². The van der Waals surface area contributed by atoms with E-state index in [-0.39, 0.29) is 6.03 Å². The number of quaternary nitrogens is 1. The zero-order valence-electron chi connectivity index (χ0n) is 14.4. The molecule has 1 aromatic carbocycles. The number of hydrogen-bond acceptors (Lipinski definition) is 2. The summed E-state index contributed by atoms with van der Waals surface area (Å²) in [5.74, 6) is 0. The monoisotopic (exact) mass is 346 g/mol. The Labute approximate surface area is 148 Å². The van der Waals surface area contributed by atoms with Crippen molar-refractivity contribution in [2.24, 2.45) is 0 Å². The van der Waals surface area contributed by atoms with Crippen molar-refractivity contribution in [3.05, 3.63) is 24.3 Å². The molecule has 2 heterocycles. The number of carbonyl (C=O) groups excluding carboxylic acids is 1. The SMILES string of the molecule is CSc1ccc(NC(=O)NC2C[C@H]3CCC[C@H](C2)[NH+]3C2CC2)cc1. The van der Waals surface area contributed by atoms with Crippen molar-refractivity contribution < 1.29 is 9.69 Å². The molecule has 4 rings (SSSR count). The first kappa shape index (κ1) is 16.3.